The Morgan fingerprint density at radius 2 is 1.71 bits per heavy atom. The van der Waals surface area contributed by atoms with Crippen LogP contribution in [0.25, 0.3) is 0 Å². The van der Waals surface area contributed by atoms with Crippen molar-refractivity contribution in [3.63, 3.8) is 0 Å². The van der Waals surface area contributed by atoms with Crippen molar-refractivity contribution in [3.05, 3.63) is 60.2 Å². The van der Waals surface area contributed by atoms with Crippen molar-refractivity contribution in [3.8, 4) is 5.75 Å². The number of rotatable bonds is 9. The van der Waals surface area contributed by atoms with E-state index < -0.39 is 5.97 Å². The van der Waals surface area contributed by atoms with Crippen LogP contribution in [0, 0.1) is 0 Å². The molecule has 0 atom stereocenters. The fourth-order valence-electron chi connectivity index (χ4n) is 2.20. The van der Waals surface area contributed by atoms with Crippen LogP contribution >= 0.6 is 0 Å². The molecular formula is C19H23NO4. The summed E-state index contributed by atoms with van der Waals surface area (Å²) < 4.78 is 5.49. The summed E-state index contributed by atoms with van der Waals surface area (Å²) in [6.45, 7) is 0.323. The van der Waals surface area contributed by atoms with Crippen LogP contribution in [0.15, 0.2) is 54.6 Å². The Morgan fingerprint density at radius 1 is 1.00 bits per heavy atom. The van der Waals surface area contributed by atoms with Crippen LogP contribution in [0.4, 0.5) is 5.69 Å². The molecule has 0 saturated carbocycles. The van der Waals surface area contributed by atoms with E-state index in [-0.39, 0.29) is 20.2 Å². The van der Waals surface area contributed by atoms with Crippen LogP contribution in [0.5, 0.6) is 5.75 Å². The van der Waals surface area contributed by atoms with Gasteiger partial charge in [0.25, 0.3) is 0 Å². The Balaban J connectivity index is 0.00000312. The second kappa shape index (κ2) is 9.35. The fraction of sp³-hybridized carbons (Fsp3) is 0.263. The van der Waals surface area contributed by atoms with Crippen LogP contribution in [0.3, 0.4) is 0 Å². The fourth-order valence-corrected chi connectivity index (χ4v) is 2.20. The molecular weight excluding hydrogens is 306 g/mol. The van der Waals surface area contributed by atoms with Gasteiger partial charge in [-0.1, -0.05) is 30.3 Å². The van der Waals surface area contributed by atoms with E-state index in [1.807, 2.05) is 54.6 Å². The van der Waals surface area contributed by atoms with Crippen molar-refractivity contribution >= 4 is 17.6 Å². The molecule has 5 heteroatoms. The minimum Gasteiger partial charge on any atom is -0.493 e. The highest BCUT2D eigenvalue weighted by Gasteiger charge is 2.04. The van der Waals surface area contributed by atoms with Crippen molar-refractivity contribution in [1.29, 1.82) is 0 Å². The monoisotopic (exact) mass is 329 g/mol. The zero-order valence-corrected chi connectivity index (χ0v) is 13.4. The first-order chi connectivity index (χ1) is 11.6. The minimum atomic E-state index is -0.781. The smallest absolute Gasteiger partial charge is 0.303 e. The van der Waals surface area contributed by atoms with Crippen LogP contribution in [-0.4, -0.2) is 23.6 Å². The first-order valence-corrected chi connectivity index (χ1v) is 7.92. The topological polar surface area (TPSA) is 75.6 Å². The van der Waals surface area contributed by atoms with Crippen molar-refractivity contribution in [2.24, 2.45) is 0 Å². The largest absolute Gasteiger partial charge is 0.493 e. The Labute approximate surface area is 142 Å². The van der Waals surface area contributed by atoms with Gasteiger partial charge in [-0.3, -0.25) is 9.59 Å². The summed E-state index contributed by atoms with van der Waals surface area (Å²) in [5.74, 6) is -0.142. The maximum atomic E-state index is 11.9. The van der Waals surface area contributed by atoms with Crippen LogP contribution < -0.4 is 10.1 Å². The van der Waals surface area contributed by atoms with Gasteiger partial charge in [0, 0.05) is 13.5 Å². The number of benzene rings is 2. The van der Waals surface area contributed by atoms with Crippen LogP contribution in [0.2, 0.25) is 0 Å². The molecule has 0 fully saturated rings. The Hall–Kier alpha value is -2.82. The van der Waals surface area contributed by atoms with Crippen LogP contribution in [0.1, 0.15) is 26.3 Å². The second-order valence-corrected chi connectivity index (χ2v) is 5.40. The molecule has 0 saturated heterocycles. The van der Waals surface area contributed by atoms with Gasteiger partial charge in [-0.05, 0) is 42.7 Å². The summed E-state index contributed by atoms with van der Waals surface area (Å²) in [6, 6.07) is 16.8. The number of ether oxygens (including phenoxy) is 1. The summed E-state index contributed by atoms with van der Waals surface area (Å²) in [6.07, 6.45) is 1.76. The van der Waals surface area contributed by atoms with Crippen molar-refractivity contribution in [2.75, 3.05) is 11.9 Å². The van der Waals surface area contributed by atoms with Gasteiger partial charge in [-0.2, -0.15) is 0 Å². The number of carbonyl (C=O) groups excluding carboxylic acids is 1. The quantitative estimate of drug-likeness (QED) is 0.735. The third kappa shape index (κ3) is 6.52. The SMILES string of the molecule is O=C(O)CCCc1ccc(NC(=O)CCOc2ccccc2)cc1.[HH]. The summed E-state index contributed by atoms with van der Waals surface area (Å²) in [5, 5.41) is 11.4. The first kappa shape index (κ1) is 17.5. The zero-order valence-electron chi connectivity index (χ0n) is 13.4. The number of carbonyl (C=O) groups is 2. The molecule has 24 heavy (non-hydrogen) atoms. The number of carboxylic acids is 1. The van der Waals surface area contributed by atoms with E-state index in [0.717, 1.165) is 17.0 Å². The van der Waals surface area contributed by atoms with Crippen molar-refractivity contribution in [2.45, 2.75) is 25.7 Å². The van der Waals surface area contributed by atoms with E-state index in [4.69, 9.17) is 9.84 Å². The van der Waals surface area contributed by atoms with Gasteiger partial charge in [-0.15, -0.1) is 0 Å². The molecule has 0 aliphatic heterocycles. The third-order valence-electron chi connectivity index (χ3n) is 3.43. The van der Waals surface area contributed by atoms with E-state index in [1.54, 1.807) is 0 Å². The summed E-state index contributed by atoms with van der Waals surface area (Å²) in [5.41, 5.74) is 1.78. The van der Waals surface area contributed by atoms with E-state index in [0.29, 0.717) is 19.4 Å². The highest BCUT2D eigenvalue weighted by atomic mass is 16.5. The van der Waals surface area contributed by atoms with Crippen LogP contribution in [-0.2, 0) is 16.0 Å². The molecule has 5 nitrogen and oxygen atoms in total. The summed E-state index contributed by atoms with van der Waals surface area (Å²) in [7, 11) is 0. The molecule has 0 bridgehead atoms. The molecule has 0 radical (unpaired) electrons. The summed E-state index contributed by atoms with van der Waals surface area (Å²) in [4.78, 5) is 22.4. The number of carboxylic acid groups (broad SMARTS) is 1. The Morgan fingerprint density at radius 3 is 2.38 bits per heavy atom. The van der Waals surface area contributed by atoms with Crippen molar-refractivity contribution in [1.82, 2.24) is 0 Å². The normalized spacial score (nSPS) is 10.2. The highest BCUT2D eigenvalue weighted by molar-refractivity contribution is 5.90. The second-order valence-electron chi connectivity index (χ2n) is 5.40. The number of aliphatic carboxylic acids is 1. The molecule has 1 amide bonds. The van der Waals surface area contributed by atoms with Gasteiger partial charge in [0.05, 0.1) is 13.0 Å². The average molecular weight is 329 g/mol. The van der Waals surface area contributed by atoms with E-state index in [9.17, 15) is 9.59 Å². The molecule has 0 aliphatic carbocycles. The molecule has 0 aromatic heterocycles. The molecule has 0 aliphatic rings. The number of nitrogens with one attached hydrogen (secondary N) is 1. The molecule has 2 aromatic carbocycles. The first-order valence-electron chi connectivity index (χ1n) is 7.92. The lowest BCUT2D eigenvalue weighted by atomic mass is 10.1. The Kier molecular flexibility index (Phi) is 6.83. The van der Waals surface area contributed by atoms with Gasteiger partial charge in [-0.25, -0.2) is 0 Å². The number of para-hydroxylation sites is 1. The van der Waals surface area contributed by atoms with Gasteiger partial charge in [0.2, 0.25) is 5.91 Å². The molecule has 2 N–H and O–H groups in total. The maximum absolute atomic E-state index is 11.9. The van der Waals surface area contributed by atoms with Gasteiger partial charge < -0.3 is 15.2 Å². The lowest BCUT2D eigenvalue weighted by molar-refractivity contribution is -0.137. The van der Waals surface area contributed by atoms with Gasteiger partial charge in [0.1, 0.15) is 5.75 Å². The maximum Gasteiger partial charge on any atom is 0.303 e. The molecule has 128 valence electrons. The Bertz CT molecular complexity index is 659. The zero-order chi connectivity index (χ0) is 17.2. The molecule has 0 spiro atoms. The number of anilines is 1. The van der Waals surface area contributed by atoms with Gasteiger partial charge in [0.15, 0.2) is 0 Å². The number of amides is 1. The summed E-state index contributed by atoms with van der Waals surface area (Å²) >= 11 is 0. The van der Waals surface area contributed by atoms with E-state index in [1.165, 1.54) is 0 Å². The number of hydrogen-bond acceptors (Lipinski definition) is 3. The highest BCUT2D eigenvalue weighted by Crippen LogP contribution is 2.13. The predicted octanol–water partition coefficient (Wildman–Crippen LogP) is 3.75. The molecule has 2 aromatic rings. The van der Waals surface area contributed by atoms with Crippen molar-refractivity contribution < 1.29 is 20.9 Å². The number of aryl methyl sites for hydroxylation is 1. The average Bonchev–Trinajstić information content (AvgIpc) is 2.57. The molecule has 0 unspecified atom stereocenters. The van der Waals surface area contributed by atoms with E-state index >= 15 is 0 Å². The van der Waals surface area contributed by atoms with E-state index in [2.05, 4.69) is 5.32 Å². The number of hydrogen-bond donors (Lipinski definition) is 2. The lowest BCUT2D eigenvalue weighted by Gasteiger charge is -2.08. The predicted molar refractivity (Wildman–Crippen MR) is 94.3 cm³/mol. The standard InChI is InChI=1S/C19H21NO4.H2/c21-18(13-14-24-17-6-2-1-3-7-17)20-16-11-9-15(10-12-16)5-4-8-19(22)23;/h1-3,6-7,9-12H,4-5,8,13-14H2,(H,20,21)(H,22,23);1H. The third-order valence-corrected chi connectivity index (χ3v) is 3.43. The molecule has 0 heterocycles. The van der Waals surface area contributed by atoms with Gasteiger partial charge >= 0.3 is 5.97 Å². The lowest BCUT2D eigenvalue weighted by Crippen LogP contribution is -2.15. The molecule has 2 rings (SSSR count). The minimum absolute atomic E-state index is 0.